The van der Waals surface area contributed by atoms with E-state index in [-0.39, 0.29) is 29.3 Å². The van der Waals surface area contributed by atoms with Crippen molar-refractivity contribution in [1.82, 2.24) is 10.2 Å². The van der Waals surface area contributed by atoms with E-state index in [0.29, 0.717) is 18.7 Å². The van der Waals surface area contributed by atoms with Crippen molar-refractivity contribution >= 4 is 29.3 Å². The predicted octanol–water partition coefficient (Wildman–Crippen LogP) is 5.08. The molecule has 8 heteroatoms. The third-order valence-corrected chi connectivity index (χ3v) is 7.16. The van der Waals surface area contributed by atoms with Gasteiger partial charge in [-0.15, -0.1) is 11.8 Å². The van der Waals surface area contributed by atoms with Crippen LogP contribution >= 0.6 is 11.8 Å². The number of nitro benzene ring substituents is 1. The molecule has 182 valence electrons. The lowest BCUT2D eigenvalue weighted by Gasteiger charge is -2.32. The van der Waals surface area contributed by atoms with Gasteiger partial charge in [-0.25, -0.2) is 0 Å². The standard InChI is InChI=1S/C26H33N3O4S/c1-2-24(26(31)27-22-11-7-4-8-12-22)28(17-20-9-5-3-6-10-20)25(30)19-34-18-21-13-15-23(16-14-21)29(32)33/h3,5-6,9-10,13-16,22,24H,2,4,7-8,11-12,17-19H2,1H3,(H,27,31). The van der Waals surface area contributed by atoms with Gasteiger partial charge in [0.15, 0.2) is 0 Å². The minimum absolute atomic E-state index is 0.0497. The van der Waals surface area contributed by atoms with E-state index in [4.69, 9.17) is 0 Å². The highest BCUT2D eigenvalue weighted by molar-refractivity contribution is 7.99. The van der Waals surface area contributed by atoms with Gasteiger partial charge in [-0.05, 0) is 30.4 Å². The summed E-state index contributed by atoms with van der Waals surface area (Å²) in [6.45, 7) is 2.33. The second-order valence-electron chi connectivity index (χ2n) is 8.69. The van der Waals surface area contributed by atoms with Gasteiger partial charge in [-0.1, -0.05) is 68.7 Å². The number of rotatable bonds is 11. The smallest absolute Gasteiger partial charge is 0.269 e. The van der Waals surface area contributed by atoms with Gasteiger partial charge >= 0.3 is 0 Å². The molecule has 1 saturated carbocycles. The fourth-order valence-electron chi connectivity index (χ4n) is 4.30. The molecule has 1 fully saturated rings. The Morgan fingerprint density at radius 2 is 1.74 bits per heavy atom. The summed E-state index contributed by atoms with van der Waals surface area (Å²) in [7, 11) is 0. The molecule has 7 nitrogen and oxygen atoms in total. The third-order valence-electron chi connectivity index (χ3n) is 6.17. The van der Waals surface area contributed by atoms with E-state index in [1.807, 2.05) is 37.3 Å². The monoisotopic (exact) mass is 483 g/mol. The normalized spacial score (nSPS) is 14.9. The van der Waals surface area contributed by atoms with Crippen LogP contribution in [0.2, 0.25) is 0 Å². The second-order valence-corrected chi connectivity index (χ2v) is 9.68. The van der Waals surface area contributed by atoms with Gasteiger partial charge in [-0.3, -0.25) is 19.7 Å². The minimum atomic E-state index is -0.519. The van der Waals surface area contributed by atoms with Gasteiger partial charge in [0.2, 0.25) is 11.8 Å². The molecule has 0 saturated heterocycles. The molecule has 1 atom stereocenters. The molecular weight excluding hydrogens is 450 g/mol. The second kappa shape index (κ2) is 13.1. The molecule has 1 N–H and O–H groups in total. The molecule has 34 heavy (non-hydrogen) atoms. The molecule has 2 aromatic carbocycles. The van der Waals surface area contributed by atoms with Gasteiger partial charge in [0.1, 0.15) is 6.04 Å². The van der Waals surface area contributed by atoms with Crippen molar-refractivity contribution in [3.63, 3.8) is 0 Å². The number of hydrogen-bond donors (Lipinski definition) is 1. The number of benzene rings is 2. The lowest BCUT2D eigenvalue weighted by molar-refractivity contribution is -0.384. The average molecular weight is 484 g/mol. The number of hydrogen-bond acceptors (Lipinski definition) is 5. The number of carbonyl (C=O) groups excluding carboxylic acids is 2. The first kappa shape index (κ1) is 25.7. The lowest BCUT2D eigenvalue weighted by atomic mass is 9.95. The molecule has 2 aromatic rings. The first-order chi connectivity index (χ1) is 16.5. The van der Waals surface area contributed by atoms with Gasteiger partial charge < -0.3 is 10.2 Å². The van der Waals surface area contributed by atoms with E-state index in [9.17, 15) is 19.7 Å². The van der Waals surface area contributed by atoms with E-state index in [0.717, 1.165) is 36.8 Å². The first-order valence-corrected chi connectivity index (χ1v) is 13.1. The number of nitro groups is 1. The summed E-state index contributed by atoms with van der Waals surface area (Å²) in [4.78, 5) is 38.6. The molecule has 0 aliphatic heterocycles. The van der Waals surface area contributed by atoms with Crippen LogP contribution < -0.4 is 5.32 Å². The summed E-state index contributed by atoms with van der Waals surface area (Å²) in [6, 6.07) is 15.8. The van der Waals surface area contributed by atoms with Gasteiger partial charge in [0, 0.05) is 30.5 Å². The highest BCUT2D eigenvalue weighted by atomic mass is 32.2. The summed E-state index contributed by atoms with van der Waals surface area (Å²) in [5.41, 5.74) is 1.95. The molecule has 3 rings (SSSR count). The van der Waals surface area contributed by atoms with Crippen molar-refractivity contribution in [2.45, 2.75) is 69.8 Å². The maximum Gasteiger partial charge on any atom is 0.269 e. The SMILES string of the molecule is CCC(C(=O)NC1CCCCC1)N(Cc1ccccc1)C(=O)CSCc1ccc([N+](=O)[O-])cc1. The molecule has 1 aliphatic carbocycles. The Morgan fingerprint density at radius 3 is 2.35 bits per heavy atom. The van der Waals surface area contributed by atoms with Crippen LogP contribution in [0.5, 0.6) is 0 Å². The maximum atomic E-state index is 13.3. The number of amides is 2. The van der Waals surface area contributed by atoms with Crippen LogP contribution in [-0.4, -0.2) is 39.5 Å². The van der Waals surface area contributed by atoms with E-state index < -0.39 is 11.0 Å². The number of carbonyl (C=O) groups is 2. The molecule has 0 bridgehead atoms. The molecule has 0 radical (unpaired) electrons. The number of nitrogens with one attached hydrogen (secondary N) is 1. The first-order valence-electron chi connectivity index (χ1n) is 11.9. The van der Waals surface area contributed by atoms with Crippen LogP contribution in [0.1, 0.15) is 56.6 Å². The Kier molecular flexibility index (Phi) is 9.94. The van der Waals surface area contributed by atoms with Gasteiger partial charge in [-0.2, -0.15) is 0 Å². The van der Waals surface area contributed by atoms with Crippen LogP contribution in [0.4, 0.5) is 5.69 Å². The van der Waals surface area contributed by atoms with E-state index >= 15 is 0 Å². The quantitative estimate of drug-likeness (QED) is 0.355. The molecule has 1 unspecified atom stereocenters. The fraction of sp³-hybridized carbons (Fsp3) is 0.462. The summed E-state index contributed by atoms with van der Waals surface area (Å²) < 4.78 is 0. The largest absolute Gasteiger partial charge is 0.352 e. The highest BCUT2D eigenvalue weighted by Crippen LogP contribution is 2.21. The predicted molar refractivity (Wildman–Crippen MR) is 135 cm³/mol. The summed E-state index contributed by atoms with van der Waals surface area (Å²) in [6.07, 6.45) is 6.03. The molecule has 1 aliphatic rings. The molecule has 0 aromatic heterocycles. The van der Waals surface area contributed by atoms with E-state index in [1.54, 1.807) is 17.0 Å². The van der Waals surface area contributed by atoms with Crippen molar-refractivity contribution in [2.24, 2.45) is 0 Å². The van der Waals surface area contributed by atoms with Crippen LogP contribution in [0.15, 0.2) is 54.6 Å². The minimum Gasteiger partial charge on any atom is -0.352 e. The van der Waals surface area contributed by atoms with Crippen LogP contribution in [-0.2, 0) is 21.9 Å². The number of non-ortho nitro benzene ring substituents is 1. The molecule has 2 amide bonds. The Morgan fingerprint density at radius 1 is 1.06 bits per heavy atom. The zero-order chi connectivity index (χ0) is 24.3. The zero-order valence-electron chi connectivity index (χ0n) is 19.7. The third kappa shape index (κ3) is 7.58. The summed E-state index contributed by atoms with van der Waals surface area (Å²) in [5, 5.41) is 14.0. The maximum absolute atomic E-state index is 13.3. The Hall–Kier alpha value is -2.87. The lowest BCUT2D eigenvalue weighted by Crippen LogP contribution is -2.52. The Balaban J connectivity index is 1.65. The van der Waals surface area contributed by atoms with Crippen molar-refractivity contribution < 1.29 is 14.5 Å². The van der Waals surface area contributed by atoms with Gasteiger partial charge in [0.25, 0.3) is 5.69 Å². The van der Waals surface area contributed by atoms with Gasteiger partial charge in [0.05, 0.1) is 10.7 Å². The van der Waals surface area contributed by atoms with Crippen molar-refractivity contribution in [1.29, 1.82) is 0 Å². The fourth-order valence-corrected chi connectivity index (χ4v) is 5.17. The molecule has 0 heterocycles. The zero-order valence-corrected chi connectivity index (χ0v) is 20.5. The Bertz CT molecular complexity index is 946. The highest BCUT2D eigenvalue weighted by Gasteiger charge is 2.30. The van der Waals surface area contributed by atoms with Crippen LogP contribution in [0.25, 0.3) is 0 Å². The summed E-state index contributed by atoms with van der Waals surface area (Å²) in [5.74, 6) is 0.644. The van der Waals surface area contributed by atoms with E-state index in [1.165, 1.54) is 30.3 Å². The topological polar surface area (TPSA) is 92.6 Å². The number of thioether (sulfide) groups is 1. The molecular formula is C26H33N3O4S. The van der Waals surface area contributed by atoms with Crippen LogP contribution in [0.3, 0.4) is 0 Å². The van der Waals surface area contributed by atoms with E-state index in [2.05, 4.69) is 5.32 Å². The Labute approximate surface area is 205 Å². The summed E-state index contributed by atoms with van der Waals surface area (Å²) >= 11 is 1.45. The number of nitrogens with zero attached hydrogens (tertiary/aromatic N) is 2. The van der Waals surface area contributed by atoms with Crippen molar-refractivity contribution in [2.75, 3.05) is 5.75 Å². The van der Waals surface area contributed by atoms with Crippen molar-refractivity contribution in [3.05, 3.63) is 75.8 Å². The van der Waals surface area contributed by atoms with Crippen molar-refractivity contribution in [3.8, 4) is 0 Å². The molecule has 0 spiro atoms. The average Bonchev–Trinajstić information content (AvgIpc) is 2.85. The van der Waals surface area contributed by atoms with Crippen LogP contribution in [0, 0.1) is 10.1 Å².